The minimum Gasteiger partial charge on any atom is -0.414 e. The smallest absolute Gasteiger partial charge is 0.414 e. The van der Waals surface area contributed by atoms with Gasteiger partial charge in [-0.3, -0.25) is 9.47 Å². The standard InChI is InChI=1S/C5H3Cl2F5O2.C5H3F5O2/c1-2(5(10,11)12)13-3(6,8)4(7,9)14-2;1-4(5(8,9)10)11-2(6)3(7)12-4/h1H3;1H3. The average molecular weight is 451 g/mol. The maximum atomic E-state index is 12.8. The van der Waals surface area contributed by atoms with Gasteiger partial charge in [-0.25, -0.2) is 0 Å². The van der Waals surface area contributed by atoms with Crippen LogP contribution in [0, 0.1) is 0 Å². The summed E-state index contributed by atoms with van der Waals surface area (Å²) >= 11 is 9.26. The van der Waals surface area contributed by atoms with Crippen LogP contribution in [0.2, 0.25) is 0 Å². The normalized spacial score (nSPS) is 37.0. The second-order valence-corrected chi connectivity index (χ2v) is 5.85. The van der Waals surface area contributed by atoms with Gasteiger partial charge in [0.2, 0.25) is 0 Å². The van der Waals surface area contributed by atoms with Gasteiger partial charge in [-0.1, -0.05) is 0 Å². The zero-order valence-electron chi connectivity index (χ0n) is 12.2. The lowest BCUT2D eigenvalue weighted by atomic mass is 10.3. The summed E-state index contributed by atoms with van der Waals surface area (Å²) in [6, 6.07) is -3.98. The van der Waals surface area contributed by atoms with Crippen molar-refractivity contribution in [2.45, 2.75) is 48.4 Å². The van der Waals surface area contributed by atoms with Crippen LogP contribution in [0.25, 0.3) is 0 Å². The van der Waals surface area contributed by atoms with Crippen molar-refractivity contribution < 1.29 is 62.9 Å². The summed E-state index contributed by atoms with van der Waals surface area (Å²) in [7, 11) is 0. The highest BCUT2D eigenvalue weighted by molar-refractivity contribution is 6.32. The van der Waals surface area contributed by atoms with E-state index >= 15 is 0 Å². The van der Waals surface area contributed by atoms with Gasteiger partial charge in [0, 0.05) is 6.92 Å². The van der Waals surface area contributed by atoms with E-state index in [-0.39, 0.29) is 6.92 Å². The van der Waals surface area contributed by atoms with E-state index in [1.807, 2.05) is 0 Å². The highest BCUT2D eigenvalue weighted by atomic mass is 35.5. The molecule has 1 saturated heterocycles. The molecule has 0 spiro atoms. The van der Waals surface area contributed by atoms with Crippen molar-refractivity contribution in [2.24, 2.45) is 0 Å². The van der Waals surface area contributed by atoms with E-state index in [0.29, 0.717) is 6.92 Å². The van der Waals surface area contributed by atoms with Crippen LogP contribution in [0.4, 0.5) is 43.9 Å². The van der Waals surface area contributed by atoms with Crippen LogP contribution in [0.1, 0.15) is 13.8 Å². The highest BCUT2D eigenvalue weighted by Crippen LogP contribution is 2.55. The predicted octanol–water partition coefficient (Wildman–Crippen LogP) is 5.41. The molecule has 0 aromatic heterocycles. The molecule has 2 heterocycles. The third-order valence-corrected chi connectivity index (χ3v) is 3.48. The Bertz CT molecular complexity index is 555. The summed E-state index contributed by atoms with van der Waals surface area (Å²) in [6.07, 6.45) is -10.2. The van der Waals surface area contributed by atoms with Gasteiger partial charge in [0.05, 0.1) is 0 Å². The summed E-state index contributed by atoms with van der Waals surface area (Å²) in [5.74, 6) is -6.76. The Labute approximate surface area is 147 Å². The summed E-state index contributed by atoms with van der Waals surface area (Å²) in [5.41, 5.74) is 0. The molecular weight excluding hydrogens is 445 g/mol. The molecule has 2 atom stereocenters. The van der Waals surface area contributed by atoms with E-state index < -0.39 is 46.6 Å². The third kappa shape index (κ3) is 4.17. The van der Waals surface area contributed by atoms with Crippen LogP contribution >= 0.6 is 23.2 Å². The van der Waals surface area contributed by atoms with Crippen LogP contribution in [0.3, 0.4) is 0 Å². The number of hydrogen-bond acceptors (Lipinski definition) is 4. The first-order chi connectivity index (χ1) is 11.2. The van der Waals surface area contributed by atoms with E-state index in [1.165, 1.54) is 0 Å². The molecule has 4 nitrogen and oxygen atoms in total. The number of ether oxygens (including phenoxy) is 4. The van der Waals surface area contributed by atoms with E-state index in [0.717, 1.165) is 0 Å². The number of hydrogen-bond donors (Lipinski definition) is 0. The fourth-order valence-corrected chi connectivity index (χ4v) is 1.67. The van der Waals surface area contributed by atoms with Crippen LogP contribution in [0.15, 0.2) is 12.0 Å². The number of alkyl halides is 10. The van der Waals surface area contributed by atoms with E-state index in [1.54, 1.807) is 0 Å². The van der Waals surface area contributed by atoms with Gasteiger partial charge in [-0.15, -0.1) is 0 Å². The molecule has 0 radical (unpaired) electrons. The summed E-state index contributed by atoms with van der Waals surface area (Å²) in [6.45, 7) is 0.632. The van der Waals surface area contributed by atoms with Gasteiger partial charge in [-0.2, -0.15) is 43.9 Å². The quantitative estimate of drug-likeness (QED) is 0.365. The first-order valence-corrected chi connectivity index (χ1v) is 6.66. The van der Waals surface area contributed by atoms with E-state index in [9.17, 15) is 43.9 Å². The van der Waals surface area contributed by atoms with Crippen molar-refractivity contribution >= 4 is 23.2 Å². The largest absolute Gasteiger partial charge is 0.467 e. The van der Waals surface area contributed by atoms with Crippen LogP contribution in [-0.4, -0.2) is 34.6 Å². The van der Waals surface area contributed by atoms with E-state index in [4.69, 9.17) is 0 Å². The van der Waals surface area contributed by atoms with Gasteiger partial charge in [0.15, 0.2) is 0 Å². The predicted molar refractivity (Wildman–Crippen MR) is 61.9 cm³/mol. The van der Waals surface area contributed by atoms with Crippen molar-refractivity contribution in [3.8, 4) is 0 Å². The van der Waals surface area contributed by atoms with Crippen molar-refractivity contribution in [3.63, 3.8) is 0 Å². The van der Waals surface area contributed by atoms with E-state index in [2.05, 4.69) is 42.1 Å². The van der Waals surface area contributed by atoms with Crippen molar-refractivity contribution in [2.75, 3.05) is 0 Å². The lowest BCUT2D eigenvalue weighted by Crippen LogP contribution is -2.44. The Morgan fingerprint density at radius 3 is 1.12 bits per heavy atom. The Morgan fingerprint density at radius 1 is 0.692 bits per heavy atom. The Kier molecular flexibility index (Phi) is 5.66. The van der Waals surface area contributed by atoms with Gasteiger partial charge in [0.25, 0.3) is 5.79 Å². The van der Waals surface area contributed by atoms with Crippen LogP contribution < -0.4 is 0 Å². The minimum atomic E-state index is -5.16. The third-order valence-electron chi connectivity index (χ3n) is 2.74. The summed E-state index contributed by atoms with van der Waals surface area (Å²) in [5, 5.41) is -7.78. The minimum absolute atomic E-state index is 0.257. The Morgan fingerprint density at radius 2 is 0.962 bits per heavy atom. The van der Waals surface area contributed by atoms with Gasteiger partial charge >= 0.3 is 40.8 Å². The topological polar surface area (TPSA) is 36.9 Å². The fraction of sp³-hybridized carbons (Fsp3) is 0.800. The molecule has 2 aliphatic rings. The highest BCUT2D eigenvalue weighted by Gasteiger charge is 2.74. The van der Waals surface area contributed by atoms with Gasteiger partial charge in [0.1, 0.15) is 0 Å². The van der Waals surface area contributed by atoms with Crippen LogP contribution in [-0.2, 0) is 18.9 Å². The molecule has 2 rings (SSSR count). The number of halogens is 12. The molecule has 2 unspecified atom stereocenters. The second kappa shape index (κ2) is 6.34. The molecule has 1 fully saturated rings. The Balaban J connectivity index is 0.000000263. The van der Waals surface area contributed by atoms with Gasteiger partial charge in [-0.05, 0) is 30.1 Å². The Hall–Kier alpha value is -0.860. The summed E-state index contributed by atoms with van der Waals surface area (Å²) < 4.78 is 136. The molecule has 0 aromatic carbocycles. The zero-order chi connectivity index (χ0) is 21.0. The molecule has 0 N–H and O–H groups in total. The number of rotatable bonds is 0. The lowest BCUT2D eigenvalue weighted by Gasteiger charge is -2.24. The van der Waals surface area contributed by atoms with Crippen molar-refractivity contribution in [1.29, 1.82) is 0 Å². The molecule has 154 valence electrons. The SMILES string of the molecule is CC1(C(F)(F)F)OC(F)(Cl)C(F)(Cl)O1.CC1(C(F)(F)F)OC(F)=C(F)O1. The molecule has 0 aliphatic carbocycles. The molecule has 2 aliphatic heterocycles. The monoisotopic (exact) mass is 450 g/mol. The fourth-order valence-electron chi connectivity index (χ4n) is 1.30. The molecule has 0 amide bonds. The molecular formula is C10H6Cl2F10O4. The first-order valence-electron chi connectivity index (χ1n) is 5.90. The molecule has 16 heteroatoms. The average Bonchev–Trinajstić information content (AvgIpc) is 2.69. The van der Waals surface area contributed by atoms with Crippen molar-refractivity contribution in [3.05, 3.63) is 12.0 Å². The molecule has 0 aromatic rings. The molecule has 0 bridgehead atoms. The van der Waals surface area contributed by atoms with Crippen LogP contribution in [0.5, 0.6) is 0 Å². The maximum absolute atomic E-state index is 12.8. The zero-order valence-corrected chi connectivity index (χ0v) is 13.7. The first kappa shape index (κ1) is 23.2. The van der Waals surface area contributed by atoms with Gasteiger partial charge < -0.3 is 9.47 Å². The summed E-state index contributed by atoms with van der Waals surface area (Å²) in [4.78, 5) is 0. The lowest BCUT2D eigenvalue weighted by molar-refractivity contribution is -0.353. The maximum Gasteiger partial charge on any atom is 0.467 e. The molecule has 0 saturated carbocycles. The molecule has 26 heavy (non-hydrogen) atoms. The second-order valence-electron chi connectivity index (χ2n) is 4.88. The van der Waals surface area contributed by atoms with Crippen molar-refractivity contribution in [1.82, 2.24) is 0 Å².